The summed E-state index contributed by atoms with van der Waals surface area (Å²) in [5, 5.41) is 9.56. The van der Waals surface area contributed by atoms with E-state index in [1.165, 1.54) is 0 Å². The highest BCUT2D eigenvalue weighted by molar-refractivity contribution is 8.00. The van der Waals surface area contributed by atoms with E-state index in [0.717, 1.165) is 11.8 Å². The molecule has 2 heterocycles. The molecule has 27 heavy (non-hydrogen) atoms. The number of primary amides is 1. The number of fused-ring (bicyclic) bond motifs is 1. The van der Waals surface area contributed by atoms with Crippen LogP contribution in [0.1, 0.15) is 42.6 Å². The molecule has 0 aliphatic carbocycles. The molecule has 1 aliphatic rings. The van der Waals surface area contributed by atoms with Gasteiger partial charge in [-0.2, -0.15) is 0 Å². The van der Waals surface area contributed by atoms with Crippen LogP contribution in [0, 0.1) is 5.41 Å². The van der Waals surface area contributed by atoms with Crippen molar-refractivity contribution < 1.29 is 23.6 Å². The van der Waals surface area contributed by atoms with Crippen molar-refractivity contribution in [1.29, 1.82) is 0 Å². The molecule has 3 amide bonds. The Kier molecular flexibility index (Phi) is 7.25. The van der Waals surface area contributed by atoms with Gasteiger partial charge in [0.05, 0.1) is 36.3 Å². The molecule has 2 rings (SSSR count). The van der Waals surface area contributed by atoms with E-state index in [-0.39, 0.29) is 47.0 Å². The first-order valence-corrected chi connectivity index (χ1v) is 9.82. The highest BCUT2D eigenvalue weighted by Gasteiger charge is 2.29. The summed E-state index contributed by atoms with van der Waals surface area (Å²) in [5.74, 6) is -0.160. The molecule has 0 fully saturated rings. The summed E-state index contributed by atoms with van der Waals surface area (Å²) in [4.78, 5) is 35.3. The maximum atomic E-state index is 12.5. The fraction of sp³-hybridized carbons (Fsp3) is 0.647. The number of nitrogens with zero attached hydrogens (tertiary/aromatic N) is 1. The van der Waals surface area contributed by atoms with E-state index in [0.29, 0.717) is 31.0 Å². The van der Waals surface area contributed by atoms with Crippen molar-refractivity contribution in [2.75, 3.05) is 24.7 Å². The number of ether oxygens (including phenoxy) is 1. The van der Waals surface area contributed by atoms with Gasteiger partial charge in [0, 0.05) is 13.0 Å². The molecule has 10 heteroatoms. The first kappa shape index (κ1) is 21.2. The lowest BCUT2D eigenvalue weighted by molar-refractivity contribution is -0.120. The van der Waals surface area contributed by atoms with Crippen LogP contribution in [0.4, 0.5) is 0 Å². The van der Waals surface area contributed by atoms with Crippen LogP contribution in [0.2, 0.25) is 0 Å². The number of hydrogen-bond acceptors (Lipinski definition) is 7. The van der Waals surface area contributed by atoms with Gasteiger partial charge in [0.15, 0.2) is 5.69 Å². The molecule has 9 nitrogen and oxygen atoms in total. The first-order chi connectivity index (χ1) is 12.7. The summed E-state index contributed by atoms with van der Waals surface area (Å²) in [5.41, 5.74) is 5.68. The fourth-order valence-corrected chi connectivity index (χ4v) is 3.11. The third-order valence-corrected chi connectivity index (χ3v) is 5.08. The number of hydrogen-bond donors (Lipinski definition) is 3. The van der Waals surface area contributed by atoms with Gasteiger partial charge in [0.1, 0.15) is 5.76 Å². The second-order valence-electron chi connectivity index (χ2n) is 7.39. The van der Waals surface area contributed by atoms with Crippen LogP contribution in [-0.2, 0) is 27.4 Å². The zero-order valence-electron chi connectivity index (χ0n) is 15.8. The van der Waals surface area contributed by atoms with E-state index >= 15 is 0 Å². The van der Waals surface area contributed by atoms with Crippen molar-refractivity contribution in [3.05, 3.63) is 17.0 Å². The Balaban J connectivity index is 1.92. The van der Waals surface area contributed by atoms with E-state index in [1.54, 1.807) is 0 Å². The van der Waals surface area contributed by atoms with Crippen LogP contribution in [0.15, 0.2) is 4.52 Å². The van der Waals surface area contributed by atoms with Gasteiger partial charge in [0.2, 0.25) is 11.8 Å². The predicted molar refractivity (Wildman–Crippen MR) is 100 cm³/mol. The van der Waals surface area contributed by atoms with E-state index in [9.17, 15) is 14.4 Å². The van der Waals surface area contributed by atoms with E-state index < -0.39 is 5.91 Å². The lowest BCUT2D eigenvalue weighted by Crippen LogP contribution is -2.51. The number of nitrogens with one attached hydrogen (secondary N) is 2. The molecular formula is C17H26N4O5S. The maximum absolute atomic E-state index is 12.5. The minimum absolute atomic E-state index is 0.0870. The summed E-state index contributed by atoms with van der Waals surface area (Å²) in [7, 11) is 0. The van der Waals surface area contributed by atoms with Crippen molar-refractivity contribution >= 4 is 29.5 Å². The molecule has 1 aliphatic heterocycles. The third kappa shape index (κ3) is 6.24. The van der Waals surface area contributed by atoms with Crippen LogP contribution in [-0.4, -0.2) is 53.6 Å². The largest absolute Gasteiger partial charge is 0.376 e. The average molecular weight is 398 g/mol. The summed E-state index contributed by atoms with van der Waals surface area (Å²) >= 11 is 1.15. The zero-order chi connectivity index (χ0) is 20.0. The summed E-state index contributed by atoms with van der Waals surface area (Å²) in [6.45, 7) is 6.98. The normalized spacial score (nSPS) is 14.9. The molecule has 0 radical (unpaired) electrons. The van der Waals surface area contributed by atoms with Crippen molar-refractivity contribution in [2.45, 2.75) is 39.8 Å². The molecule has 1 aromatic heterocycles. The number of rotatable bonds is 8. The van der Waals surface area contributed by atoms with Crippen LogP contribution in [0.3, 0.4) is 0 Å². The van der Waals surface area contributed by atoms with E-state index in [4.69, 9.17) is 15.0 Å². The lowest BCUT2D eigenvalue weighted by atomic mass is 9.86. The standard InChI is InChI=1S/C17H26N4O5S/c1-17(2,3)12(20-14(23)9-27-8-13(18)22)6-19-16(24)15-10-7-25-5-4-11(10)26-21-15/h12H,4-9H2,1-3H3,(H2,18,22)(H,19,24)(H,20,23). The lowest BCUT2D eigenvalue weighted by Gasteiger charge is -2.31. The molecule has 0 aromatic carbocycles. The molecule has 0 saturated heterocycles. The number of amides is 3. The number of carbonyl (C=O) groups is 3. The smallest absolute Gasteiger partial charge is 0.273 e. The maximum Gasteiger partial charge on any atom is 0.273 e. The summed E-state index contributed by atoms with van der Waals surface area (Å²) in [6, 6.07) is -0.304. The Morgan fingerprint density at radius 2 is 2.04 bits per heavy atom. The van der Waals surface area contributed by atoms with Crippen LogP contribution < -0.4 is 16.4 Å². The highest BCUT2D eigenvalue weighted by atomic mass is 32.2. The summed E-state index contributed by atoms with van der Waals surface area (Å²) in [6.07, 6.45) is 0.596. The van der Waals surface area contributed by atoms with Gasteiger partial charge in [-0.25, -0.2) is 0 Å². The quantitative estimate of drug-likeness (QED) is 0.570. The Labute approximate surface area is 162 Å². The van der Waals surface area contributed by atoms with Crippen LogP contribution in [0.5, 0.6) is 0 Å². The van der Waals surface area contributed by atoms with Gasteiger partial charge in [0.25, 0.3) is 5.91 Å². The average Bonchev–Trinajstić information content (AvgIpc) is 3.01. The second kappa shape index (κ2) is 9.23. The number of thioether (sulfide) groups is 1. The Bertz CT molecular complexity index is 698. The molecule has 150 valence electrons. The monoisotopic (exact) mass is 398 g/mol. The van der Waals surface area contributed by atoms with Gasteiger partial charge in [-0.3, -0.25) is 14.4 Å². The minimum atomic E-state index is -0.465. The zero-order valence-corrected chi connectivity index (χ0v) is 16.6. The Morgan fingerprint density at radius 1 is 1.30 bits per heavy atom. The predicted octanol–water partition coefficient (Wildman–Crippen LogP) is 0.227. The van der Waals surface area contributed by atoms with Gasteiger partial charge in [-0.05, 0) is 5.41 Å². The Morgan fingerprint density at radius 3 is 2.70 bits per heavy atom. The Hall–Kier alpha value is -2.07. The van der Waals surface area contributed by atoms with Gasteiger partial charge in [-0.1, -0.05) is 25.9 Å². The SMILES string of the molecule is CC(C)(C)C(CNC(=O)c1noc2c1COCC2)NC(=O)CSCC(N)=O. The molecule has 1 unspecified atom stereocenters. The van der Waals surface area contributed by atoms with Gasteiger partial charge >= 0.3 is 0 Å². The summed E-state index contributed by atoms with van der Waals surface area (Å²) < 4.78 is 10.6. The second-order valence-corrected chi connectivity index (χ2v) is 8.38. The molecular weight excluding hydrogens is 372 g/mol. The highest BCUT2D eigenvalue weighted by Crippen LogP contribution is 2.21. The molecule has 0 saturated carbocycles. The van der Waals surface area contributed by atoms with Crippen LogP contribution >= 0.6 is 11.8 Å². The van der Waals surface area contributed by atoms with Gasteiger partial charge < -0.3 is 25.6 Å². The number of nitrogens with two attached hydrogens (primary N) is 1. The van der Waals surface area contributed by atoms with E-state index in [1.807, 2.05) is 20.8 Å². The van der Waals surface area contributed by atoms with Crippen LogP contribution in [0.25, 0.3) is 0 Å². The number of carbonyl (C=O) groups excluding carboxylic acids is 3. The van der Waals surface area contributed by atoms with Crippen molar-refractivity contribution in [2.24, 2.45) is 11.1 Å². The van der Waals surface area contributed by atoms with Crippen molar-refractivity contribution in [3.63, 3.8) is 0 Å². The minimum Gasteiger partial charge on any atom is -0.376 e. The molecule has 1 atom stereocenters. The van der Waals surface area contributed by atoms with Crippen molar-refractivity contribution in [1.82, 2.24) is 15.8 Å². The number of aromatic nitrogens is 1. The molecule has 0 bridgehead atoms. The van der Waals surface area contributed by atoms with E-state index in [2.05, 4.69) is 15.8 Å². The van der Waals surface area contributed by atoms with Gasteiger partial charge in [-0.15, -0.1) is 11.8 Å². The molecule has 1 aromatic rings. The topological polar surface area (TPSA) is 137 Å². The van der Waals surface area contributed by atoms with Crippen molar-refractivity contribution in [3.8, 4) is 0 Å². The fourth-order valence-electron chi connectivity index (χ4n) is 2.54. The molecule has 4 N–H and O–H groups in total. The third-order valence-electron chi connectivity index (χ3n) is 4.13. The molecule has 0 spiro atoms. The first-order valence-electron chi connectivity index (χ1n) is 8.67.